The first kappa shape index (κ1) is 24.0. The van der Waals surface area contributed by atoms with Gasteiger partial charge in [0.15, 0.2) is 0 Å². The molecule has 2 aromatic carbocycles. The van der Waals surface area contributed by atoms with E-state index in [4.69, 9.17) is 16.3 Å². The van der Waals surface area contributed by atoms with Crippen LogP contribution in [0.3, 0.4) is 0 Å². The zero-order valence-electron chi connectivity index (χ0n) is 18.4. The molecule has 0 atom stereocenters. The third kappa shape index (κ3) is 7.16. The summed E-state index contributed by atoms with van der Waals surface area (Å²) in [5.74, 6) is 0.784. The first-order valence-corrected chi connectivity index (χ1v) is 10.3. The molecule has 0 aliphatic carbocycles. The number of methoxy groups -OCH3 is 1. The minimum atomic E-state index is -0.500. The van der Waals surface area contributed by atoms with Gasteiger partial charge in [-0.1, -0.05) is 17.7 Å². The zero-order chi connectivity index (χ0) is 23.8. The monoisotopic (exact) mass is 470 g/mol. The van der Waals surface area contributed by atoms with Gasteiger partial charge in [0.1, 0.15) is 29.5 Å². The minimum absolute atomic E-state index is 0.00700. The quantitative estimate of drug-likeness (QED) is 0.386. The summed E-state index contributed by atoms with van der Waals surface area (Å²) in [5.41, 5.74) is 1.77. The zero-order valence-corrected chi connectivity index (χ0v) is 19.2. The van der Waals surface area contributed by atoms with Crippen molar-refractivity contribution in [3.8, 4) is 5.75 Å². The maximum atomic E-state index is 13.4. The Balaban J connectivity index is 1.74. The molecule has 1 aromatic heterocycles. The van der Waals surface area contributed by atoms with Crippen molar-refractivity contribution in [2.45, 2.75) is 0 Å². The van der Waals surface area contributed by atoms with Crippen molar-refractivity contribution in [3.63, 3.8) is 0 Å². The fraction of sp³-hybridized carbons (Fsp3) is 0.174. The van der Waals surface area contributed by atoms with Gasteiger partial charge in [0.05, 0.1) is 17.8 Å². The highest BCUT2D eigenvalue weighted by molar-refractivity contribution is 6.31. The van der Waals surface area contributed by atoms with Crippen molar-refractivity contribution in [3.05, 3.63) is 71.8 Å². The normalized spacial score (nSPS) is 11.0. The summed E-state index contributed by atoms with van der Waals surface area (Å²) in [6.07, 6.45) is 4.65. The van der Waals surface area contributed by atoms with Crippen molar-refractivity contribution in [2.24, 2.45) is 0 Å². The van der Waals surface area contributed by atoms with Crippen molar-refractivity contribution in [1.29, 1.82) is 0 Å². The smallest absolute Gasteiger partial charge is 0.248 e. The lowest BCUT2D eigenvalue weighted by Gasteiger charge is -2.13. The van der Waals surface area contributed by atoms with E-state index in [9.17, 15) is 9.18 Å². The molecule has 0 spiro atoms. The highest BCUT2D eigenvalue weighted by atomic mass is 35.5. The Kier molecular flexibility index (Phi) is 8.17. The van der Waals surface area contributed by atoms with Gasteiger partial charge in [-0.15, -0.1) is 0 Å². The van der Waals surface area contributed by atoms with E-state index in [2.05, 4.69) is 25.9 Å². The minimum Gasteiger partial charge on any atom is -0.495 e. The second kappa shape index (κ2) is 11.3. The lowest BCUT2D eigenvalue weighted by molar-refractivity contribution is -0.111. The van der Waals surface area contributed by atoms with Crippen molar-refractivity contribution >= 4 is 46.2 Å². The number of anilines is 5. The van der Waals surface area contributed by atoms with Crippen LogP contribution >= 0.6 is 11.6 Å². The van der Waals surface area contributed by atoms with Gasteiger partial charge in [-0.25, -0.2) is 14.4 Å². The largest absolute Gasteiger partial charge is 0.495 e. The first-order valence-electron chi connectivity index (χ1n) is 9.95. The number of amides is 1. The Bertz CT molecular complexity index is 1160. The molecule has 0 aliphatic rings. The van der Waals surface area contributed by atoms with Gasteiger partial charge in [0.2, 0.25) is 5.91 Å². The van der Waals surface area contributed by atoms with Gasteiger partial charge >= 0.3 is 0 Å². The molecule has 1 amide bonds. The molecule has 0 aliphatic heterocycles. The fourth-order valence-electron chi connectivity index (χ4n) is 2.79. The van der Waals surface area contributed by atoms with Crippen LogP contribution in [0.15, 0.2) is 60.9 Å². The fourth-order valence-corrected chi connectivity index (χ4v) is 2.97. The Morgan fingerprint density at radius 3 is 2.52 bits per heavy atom. The molecule has 0 saturated carbocycles. The number of halogens is 2. The summed E-state index contributed by atoms with van der Waals surface area (Å²) >= 11 is 5.83. The number of nitrogens with one attached hydrogen (secondary N) is 3. The SMILES string of the molecule is COc1ccc(NC(=O)/C=C/CN(C)C)cc1Nc1cc(Nc2ccc(F)c(Cl)c2)ncn1. The number of rotatable bonds is 9. The molecule has 0 fully saturated rings. The molecule has 10 heteroatoms. The molecule has 3 aromatic rings. The molecular formula is C23H24ClFN6O2. The van der Waals surface area contributed by atoms with Gasteiger partial charge in [0, 0.05) is 30.1 Å². The van der Waals surface area contributed by atoms with E-state index in [-0.39, 0.29) is 10.9 Å². The number of hydrogen-bond donors (Lipinski definition) is 3. The average Bonchev–Trinajstić information content (AvgIpc) is 2.76. The molecular weight excluding hydrogens is 447 g/mol. The Morgan fingerprint density at radius 1 is 1.09 bits per heavy atom. The van der Waals surface area contributed by atoms with Gasteiger partial charge < -0.3 is 25.6 Å². The molecule has 0 unspecified atom stereocenters. The standard InChI is InChI=1S/C23H24ClFN6O2/c1-31(2)10-4-5-23(32)29-16-7-9-20(33-3)19(12-16)30-22-13-21(26-14-27-22)28-15-6-8-18(25)17(24)11-15/h4-9,11-14H,10H2,1-3H3,(H,29,32)(H2,26,27,28,30)/b5-4+. The van der Waals surface area contributed by atoms with Crippen LogP contribution in [0, 0.1) is 5.82 Å². The molecule has 172 valence electrons. The van der Waals surface area contributed by atoms with Crippen LogP contribution in [0.1, 0.15) is 0 Å². The van der Waals surface area contributed by atoms with Crippen molar-refractivity contribution in [1.82, 2.24) is 14.9 Å². The van der Waals surface area contributed by atoms with Crippen LogP contribution in [0.4, 0.5) is 33.1 Å². The van der Waals surface area contributed by atoms with Gasteiger partial charge in [-0.05, 0) is 50.5 Å². The highest BCUT2D eigenvalue weighted by Crippen LogP contribution is 2.31. The lowest BCUT2D eigenvalue weighted by atomic mass is 10.2. The topological polar surface area (TPSA) is 91.4 Å². The maximum Gasteiger partial charge on any atom is 0.248 e. The molecule has 3 rings (SSSR count). The number of carbonyl (C=O) groups is 1. The van der Waals surface area contributed by atoms with Gasteiger partial charge in [-0.3, -0.25) is 4.79 Å². The summed E-state index contributed by atoms with van der Waals surface area (Å²) < 4.78 is 18.8. The second-order valence-electron chi connectivity index (χ2n) is 7.24. The van der Waals surface area contributed by atoms with E-state index < -0.39 is 5.82 Å². The van der Waals surface area contributed by atoms with Crippen LogP contribution < -0.4 is 20.7 Å². The van der Waals surface area contributed by atoms with Crippen LogP contribution in [-0.2, 0) is 4.79 Å². The van der Waals surface area contributed by atoms with Crippen LogP contribution in [0.5, 0.6) is 5.75 Å². The summed E-state index contributed by atoms with van der Waals surface area (Å²) in [7, 11) is 5.40. The summed E-state index contributed by atoms with van der Waals surface area (Å²) in [6.45, 7) is 0.664. The summed E-state index contributed by atoms with van der Waals surface area (Å²) in [5, 5.41) is 9.04. The van der Waals surface area contributed by atoms with Gasteiger partial charge in [0.25, 0.3) is 0 Å². The molecule has 3 N–H and O–H groups in total. The molecule has 1 heterocycles. The molecule has 0 bridgehead atoms. The first-order chi connectivity index (χ1) is 15.8. The predicted octanol–water partition coefficient (Wildman–Crippen LogP) is 4.82. The molecule has 33 heavy (non-hydrogen) atoms. The number of benzene rings is 2. The number of nitrogens with zero attached hydrogens (tertiary/aromatic N) is 3. The van der Waals surface area contributed by atoms with E-state index in [1.165, 1.54) is 24.5 Å². The van der Waals surface area contributed by atoms with Crippen molar-refractivity contribution < 1.29 is 13.9 Å². The second-order valence-corrected chi connectivity index (χ2v) is 7.64. The Hall–Kier alpha value is -3.69. The van der Waals surface area contributed by atoms with E-state index in [1.54, 1.807) is 43.5 Å². The lowest BCUT2D eigenvalue weighted by Crippen LogP contribution is -2.13. The number of likely N-dealkylation sites (N-methyl/N-ethyl adjacent to an activating group) is 1. The Morgan fingerprint density at radius 2 is 1.82 bits per heavy atom. The molecule has 0 radical (unpaired) electrons. The predicted molar refractivity (Wildman–Crippen MR) is 129 cm³/mol. The summed E-state index contributed by atoms with van der Waals surface area (Å²) in [4.78, 5) is 22.5. The van der Waals surface area contributed by atoms with Crippen LogP contribution in [0.2, 0.25) is 5.02 Å². The van der Waals surface area contributed by atoms with Crippen molar-refractivity contribution in [2.75, 3.05) is 43.7 Å². The summed E-state index contributed by atoms with van der Waals surface area (Å²) in [6, 6.07) is 11.2. The molecule has 0 saturated heterocycles. The third-order valence-electron chi connectivity index (χ3n) is 4.33. The number of carbonyl (C=O) groups excluding carboxylic acids is 1. The number of aromatic nitrogens is 2. The van der Waals surface area contributed by atoms with E-state index >= 15 is 0 Å². The van der Waals surface area contributed by atoms with Gasteiger partial charge in [-0.2, -0.15) is 0 Å². The number of ether oxygens (including phenoxy) is 1. The van der Waals surface area contributed by atoms with E-state index in [0.717, 1.165) is 0 Å². The van der Waals surface area contributed by atoms with Crippen LogP contribution in [-0.4, -0.2) is 48.5 Å². The third-order valence-corrected chi connectivity index (χ3v) is 4.62. The Labute approximate surface area is 196 Å². The molecule has 8 nitrogen and oxygen atoms in total. The highest BCUT2D eigenvalue weighted by Gasteiger charge is 2.09. The van der Waals surface area contributed by atoms with E-state index in [1.807, 2.05) is 19.0 Å². The van der Waals surface area contributed by atoms with E-state index in [0.29, 0.717) is 41.0 Å². The van der Waals surface area contributed by atoms with Crippen LogP contribution in [0.25, 0.3) is 0 Å². The maximum absolute atomic E-state index is 13.4. The number of hydrogen-bond acceptors (Lipinski definition) is 7. The average molecular weight is 471 g/mol.